The minimum Gasteiger partial charge on any atom is -0.494 e. The summed E-state index contributed by atoms with van der Waals surface area (Å²) in [7, 11) is 0. The van der Waals surface area contributed by atoms with Crippen LogP contribution in [0.15, 0.2) is 30.3 Å². The molecule has 0 heterocycles. The van der Waals surface area contributed by atoms with Crippen molar-refractivity contribution >= 4 is 12.6 Å². The molecule has 0 amide bonds. The van der Waals surface area contributed by atoms with Crippen LogP contribution in [-0.2, 0) is 0 Å². The lowest BCUT2D eigenvalue weighted by atomic mass is 10.1. The largest absolute Gasteiger partial charge is 0.494 e. The third-order valence-electron chi connectivity index (χ3n) is 2.22. The van der Waals surface area contributed by atoms with Crippen LogP contribution in [0.1, 0.15) is 19.3 Å². The quantitative estimate of drug-likeness (QED) is 0.552. The van der Waals surface area contributed by atoms with Gasteiger partial charge >= 0.3 is 0 Å². The van der Waals surface area contributed by atoms with E-state index in [2.05, 4.69) is 12.6 Å². The lowest BCUT2D eigenvalue weighted by Gasteiger charge is -2.08. The van der Waals surface area contributed by atoms with Gasteiger partial charge in [-0.15, -0.1) is 0 Å². The second-order valence-electron chi connectivity index (χ2n) is 3.60. The summed E-state index contributed by atoms with van der Waals surface area (Å²) in [5.74, 6) is 1.70. The third kappa shape index (κ3) is 5.70. The second-order valence-corrected chi connectivity index (χ2v) is 3.97. The van der Waals surface area contributed by atoms with Crippen LogP contribution < -0.4 is 10.5 Å². The molecular weight excluding hydrogens is 206 g/mol. The van der Waals surface area contributed by atoms with Crippen molar-refractivity contribution in [3.05, 3.63) is 30.3 Å². The Hall–Kier alpha value is -0.670. The zero-order valence-electron chi connectivity index (χ0n) is 8.93. The Morgan fingerprint density at radius 3 is 2.60 bits per heavy atom. The minimum absolute atomic E-state index is 0.227. The maximum Gasteiger partial charge on any atom is 0.119 e. The average Bonchev–Trinajstić information content (AvgIpc) is 2.29. The highest BCUT2D eigenvalue weighted by Crippen LogP contribution is 2.09. The number of unbranched alkanes of at least 4 members (excludes halogenated alkanes) is 1. The first-order valence-corrected chi connectivity index (χ1v) is 6.00. The highest BCUT2D eigenvalue weighted by molar-refractivity contribution is 7.80. The van der Waals surface area contributed by atoms with Crippen molar-refractivity contribution < 1.29 is 4.74 Å². The first-order chi connectivity index (χ1) is 7.33. The van der Waals surface area contributed by atoms with E-state index < -0.39 is 0 Å². The molecule has 2 nitrogen and oxygen atoms in total. The molecule has 0 fully saturated rings. The fraction of sp³-hybridized carbons (Fsp3) is 0.500. The molecule has 1 aromatic carbocycles. The van der Waals surface area contributed by atoms with E-state index in [-0.39, 0.29) is 6.04 Å². The van der Waals surface area contributed by atoms with Gasteiger partial charge in [-0.2, -0.15) is 12.6 Å². The van der Waals surface area contributed by atoms with Crippen molar-refractivity contribution in [3.63, 3.8) is 0 Å². The standard InChI is InChI=1S/C12H19NOS/c13-11(10-15)6-4-5-9-14-12-7-2-1-3-8-12/h1-3,7-8,11,15H,4-6,9-10,13H2. The number of para-hydroxylation sites is 1. The molecule has 15 heavy (non-hydrogen) atoms. The van der Waals surface area contributed by atoms with Crippen molar-refractivity contribution in [1.82, 2.24) is 0 Å². The fourth-order valence-electron chi connectivity index (χ4n) is 1.31. The van der Waals surface area contributed by atoms with Crippen LogP contribution in [-0.4, -0.2) is 18.4 Å². The Labute approximate surface area is 97.2 Å². The highest BCUT2D eigenvalue weighted by Gasteiger charge is 1.98. The zero-order valence-corrected chi connectivity index (χ0v) is 9.83. The number of hydrogen-bond acceptors (Lipinski definition) is 3. The van der Waals surface area contributed by atoms with Crippen LogP contribution in [0, 0.1) is 0 Å². The molecule has 0 saturated heterocycles. The van der Waals surface area contributed by atoms with Gasteiger partial charge < -0.3 is 10.5 Å². The zero-order chi connectivity index (χ0) is 10.9. The monoisotopic (exact) mass is 225 g/mol. The fourth-order valence-corrected chi connectivity index (χ4v) is 1.49. The molecule has 0 spiro atoms. The van der Waals surface area contributed by atoms with Crippen molar-refractivity contribution in [2.45, 2.75) is 25.3 Å². The van der Waals surface area contributed by atoms with Gasteiger partial charge in [-0.1, -0.05) is 18.2 Å². The maximum absolute atomic E-state index is 5.75. The molecule has 0 aromatic heterocycles. The molecule has 0 aliphatic rings. The van der Waals surface area contributed by atoms with Crippen molar-refractivity contribution in [3.8, 4) is 5.75 Å². The van der Waals surface area contributed by atoms with E-state index in [9.17, 15) is 0 Å². The summed E-state index contributed by atoms with van der Waals surface area (Å²) in [6, 6.07) is 10.1. The van der Waals surface area contributed by atoms with Crippen LogP contribution in [0.25, 0.3) is 0 Å². The predicted octanol–water partition coefficient (Wildman–Crippen LogP) is 2.49. The summed E-state index contributed by atoms with van der Waals surface area (Å²) in [4.78, 5) is 0. The normalized spacial score (nSPS) is 12.4. The van der Waals surface area contributed by atoms with Gasteiger partial charge in [0.1, 0.15) is 5.75 Å². The van der Waals surface area contributed by atoms with Crippen molar-refractivity contribution in [2.24, 2.45) is 5.73 Å². The molecule has 0 aliphatic carbocycles. The van der Waals surface area contributed by atoms with Crippen molar-refractivity contribution in [1.29, 1.82) is 0 Å². The van der Waals surface area contributed by atoms with Crippen LogP contribution in [0.4, 0.5) is 0 Å². The van der Waals surface area contributed by atoms with E-state index in [1.807, 2.05) is 30.3 Å². The highest BCUT2D eigenvalue weighted by atomic mass is 32.1. The van der Waals surface area contributed by atoms with E-state index >= 15 is 0 Å². The van der Waals surface area contributed by atoms with Gasteiger partial charge in [0.25, 0.3) is 0 Å². The van der Waals surface area contributed by atoms with Crippen LogP contribution in [0.3, 0.4) is 0 Å². The molecule has 84 valence electrons. The SMILES string of the molecule is NC(CS)CCCCOc1ccccc1. The van der Waals surface area contributed by atoms with Gasteiger partial charge in [-0.3, -0.25) is 0 Å². The van der Waals surface area contributed by atoms with Gasteiger partial charge in [-0.25, -0.2) is 0 Å². The molecule has 0 aliphatic heterocycles. The molecule has 0 bridgehead atoms. The average molecular weight is 225 g/mol. The Morgan fingerprint density at radius 2 is 1.93 bits per heavy atom. The Balaban J connectivity index is 2.03. The van der Waals surface area contributed by atoms with Gasteiger partial charge in [0.2, 0.25) is 0 Å². The van der Waals surface area contributed by atoms with Crippen LogP contribution in [0.5, 0.6) is 5.75 Å². The lowest BCUT2D eigenvalue weighted by molar-refractivity contribution is 0.304. The molecule has 0 saturated carbocycles. The van der Waals surface area contributed by atoms with E-state index in [0.717, 1.165) is 37.4 Å². The molecule has 0 radical (unpaired) electrons. The van der Waals surface area contributed by atoms with Gasteiger partial charge in [0, 0.05) is 11.8 Å². The summed E-state index contributed by atoms with van der Waals surface area (Å²) < 4.78 is 5.56. The molecule has 1 rings (SSSR count). The van der Waals surface area contributed by atoms with E-state index in [1.165, 1.54) is 0 Å². The smallest absolute Gasteiger partial charge is 0.119 e. The van der Waals surface area contributed by atoms with E-state index in [0.29, 0.717) is 0 Å². The lowest BCUT2D eigenvalue weighted by Crippen LogP contribution is -2.21. The van der Waals surface area contributed by atoms with Crippen LogP contribution in [0.2, 0.25) is 0 Å². The summed E-state index contributed by atoms with van der Waals surface area (Å²) in [6.45, 7) is 0.767. The predicted molar refractivity (Wildman–Crippen MR) is 67.6 cm³/mol. The number of hydrogen-bond donors (Lipinski definition) is 2. The minimum atomic E-state index is 0.227. The molecule has 1 atom stereocenters. The number of rotatable bonds is 7. The summed E-state index contributed by atoms with van der Waals surface area (Å²) in [6.07, 6.45) is 3.19. The summed E-state index contributed by atoms with van der Waals surface area (Å²) in [5.41, 5.74) is 5.75. The summed E-state index contributed by atoms with van der Waals surface area (Å²) in [5, 5.41) is 0. The maximum atomic E-state index is 5.75. The third-order valence-corrected chi connectivity index (χ3v) is 2.68. The first-order valence-electron chi connectivity index (χ1n) is 5.37. The number of nitrogens with two attached hydrogens (primary N) is 1. The number of thiol groups is 1. The molecule has 1 unspecified atom stereocenters. The molecule has 3 heteroatoms. The number of ether oxygens (including phenoxy) is 1. The first kappa shape index (κ1) is 12.4. The second kappa shape index (κ2) is 7.60. The Morgan fingerprint density at radius 1 is 1.20 bits per heavy atom. The van der Waals surface area contributed by atoms with Gasteiger partial charge in [-0.05, 0) is 31.4 Å². The molecular formula is C12H19NOS. The molecule has 1 aromatic rings. The Kier molecular flexibility index (Phi) is 6.28. The van der Waals surface area contributed by atoms with Crippen LogP contribution >= 0.6 is 12.6 Å². The van der Waals surface area contributed by atoms with Crippen molar-refractivity contribution in [2.75, 3.05) is 12.4 Å². The number of benzene rings is 1. The van der Waals surface area contributed by atoms with Gasteiger partial charge in [0.05, 0.1) is 6.61 Å². The Bertz CT molecular complexity index is 253. The summed E-state index contributed by atoms with van der Waals surface area (Å²) >= 11 is 4.14. The molecule has 2 N–H and O–H groups in total. The van der Waals surface area contributed by atoms with E-state index in [1.54, 1.807) is 0 Å². The van der Waals surface area contributed by atoms with E-state index in [4.69, 9.17) is 10.5 Å². The van der Waals surface area contributed by atoms with Gasteiger partial charge in [0.15, 0.2) is 0 Å². The topological polar surface area (TPSA) is 35.2 Å².